The average molecular weight is 726 g/mol. The number of anilines is 3. The molecule has 2 aliphatic heterocycles. The molecule has 3 aromatic rings. The zero-order chi connectivity index (χ0) is 31.2. The van der Waals surface area contributed by atoms with Crippen LogP contribution in [0.1, 0.15) is 35.2 Å². The van der Waals surface area contributed by atoms with Crippen LogP contribution >= 0.6 is 31.9 Å². The van der Waals surface area contributed by atoms with E-state index in [4.69, 9.17) is 5.73 Å². The van der Waals surface area contributed by atoms with E-state index in [0.29, 0.717) is 52.7 Å². The molecule has 230 valence electrons. The highest BCUT2D eigenvalue weighted by molar-refractivity contribution is 9.11. The standard InChI is InChI=1S/C32H34Br2N6O4/c33-24-16-21(17-25(34)30(24)35)28(41)18-27(37-29(42)19-36-22-7-2-1-3-8-22)31(43)39-13-11-23(12-14-39)40-15-10-20-6-4-5-9-26(20)38-32(40)44/h1-9,16-17,23,27,36H,10-15,18-19,35H2,(H,37,42)(H,38,44)/t27-/m0/s1. The van der Waals surface area contributed by atoms with Crippen LogP contribution in [0.5, 0.6) is 0 Å². The number of para-hydroxylation sites is 2. The summed E-state index contributed by atoms with van der Waals surface area (Å²) in [7, 11) is 0. The number of carbonyl (C=O) groups is 4. The third-order valence-corrected chi connectivity index (χ3v) is 9.32. The Balaban J connectivity index is 1.25. The van der Waals surface area contributed by atoms with Crippen molar-refractivity contribution >= 4 is 72.6 Å². The highest BCUT2D eigenvalue weighted by atomic mass is 79.9. The van der Waals surface area contributed by atoms with Gasteiger partial charge in [0, 0.05) is 58.0 Å². The predicted molar refractivity (Wildman–Crippen MR) is 178 cm³/mol. The van der Waals surface area contributed by atoms with Gasteiger partial charge in [-0.3, -0.25) is 14.4 Å². The van der Waals surface area contributed by atoms with Gasteiger partial charge in [-0.1, -0.05) is 36.4 Å². The Kier molecular flexibility index (Phi) is 10.2. The Bertz CT molecular complexity index is 1520. The molecule has 4 amide bonds. The second-order valence-electron chi connectivity index (χ2n) is 10.9. The molecule has 0 bridgehead atoms. The zero-order valence-corrected chi connectivity index (χ0v) is 27.2. The molecule has 2 aliphatic rings. The van der Waals surface area contributed by atoms with Crippen molar-refractivity contribution in [2.24, 2.45) is 0 Å². The Morgan fingerprint density at radius 1 is 0.955 bits per heavy atom. The van der Waals surface area contributed by atoms with Gasteiger partial charge in [-0.2, -0.15) is 0 Å². The van der Waals surface area contributed by atoms with E-state index < -0.39 is 11.9 Å². The zero-order valence-electron chi connectivity index (χ0n) is 24.0. The van der Waals surface area contributed by atoms with E-state index in [2.05, 4.69) is 47.8 Å². The molecule has 0 aromatic heterocycles. The smallest absolute Gasteiger partial charge is 0.322 e. The first-order valence-electron chi connectivity index (χ1n) is 14.5. The molecule has 2 heterocycles. The monoisotopic (exact) mass is 724 g/mol. The highest BCUT2D eigenvalue weighted by Gasteiger charge is 2.34. The van der Waals surface area contributed by atoms with Crippen molar-refractivity contribution in [3.8, 4) is 0 Å². The molecule has 1 saturated heterocycles. The first kappa shape index (κ1) is 31.5. The van der Waals surface area contributed by atoms with Crippen molar-refractivity contribution in [3.05, 3.63) is 86.8 Å². The number of hydrogen-bond donors (Lipinski definition) is 4. The number of nitrogens with one attached hydrogen (secondary N) is 3. The summed E-state index contributed by atoms with van der Waals surface area (Å²) in [4.78, 5) is 56.7. The average Bonchev–Trinajstić information content (AvgIpc) is 3.20. The normalized spacial score (nSPS) is 15.9. The number of nitrogen functional groups attached to an aromatic ring is 1. The summed E-state index contributed by atoms with van der Waals surface area (Å²) in [6.45, 7) is 1.34. The number of urea groups is 1. The lowest BCUT2D eigenvalue weighted by Crippen LogP contribution is -2.55. The van der Waals surface area contributed by atoms with E-state index >= 15 is 0 Å². The molecule has 12 heteroatoms. The topological polar surface area (TPSA) is 137 Å². The quantitative estimate of drug-likeness (QED) is 0.180. The number of nitrogens with zero attached hydrogens (tertiary/aromatic N) is 2. The van der Waals surface area contributed by atoms with Gasteiger partial charge in [-0.25, -0.2) is 4.79 Å². The van der Waals surface area contributed by atoms with E-state index in [1.807, 2.05) is 59.5 Å². The third kappa shape index (κ3) is 7.59. The van der Waals surface area contributed by atoms with E-state index in [0.717, 1.165) is 23.4 Å². The van der Waals surface area contributed by atoms with Crippen LogP contribution in [0.4, 0.5) is 21.9 Å². The van der Waals surface area contributed by atoms with Crippen molar-refractivity contribution in [1.29, 1.82) is 0 Å². The van der Waals surface area contributed by atoms with E-state index in [-0.39, 0.29) is 36.7 Å². The molecule has 0 spiro atoms. The predicted octanol–water partition coefficient (Wildman–Crippen LogP) is 5.04. The maximum atomic E-state index is 13.8. The number of piperidine rings is 1. The van der Waals surface area contributed by atoms with Crippen LogP contribution in [0.15, 0.2) is 75.7 Å². The van der Waals surface area contributed by atoms with Gasteiger partial charge >= 0.3 is 6.03 Å². The number of fused-ring (bicyclic) bond motifs is 1. The summed E-state index contributed by atoms with van der Waals surface area (Å²) >= 11 is 6.74. The molecule has 10 nitrogen and oxygen atoms in total. The van der Waals surface area contributed by atoms with Crippen LogP contribution in [-0.2, 0) is 16.0 Å². The van der Waals surface area contributed by atoms with Crippen LogP contribution in [0.3, 0.4) is 0 Å². The lowest BCUT2D eigenvalue weighted by atomic mass is 9.99. The van der Waals surface area contributed by atoms with Gasteiger partial charge in [0.2, 0.25) is 11.8 Å². The minimum Gasteiger partial charge on any atom is -0.397 e. The summed E-state index contributed by atoms with van der Waals surface area (Å²) in [6, 6.07) is 19.1. The fourth-order valence-electron chi connectivity index (χ4n) is 5.59. The first-order valence-corrected chi connectivity index (χ1v) is 16.1. The summed E-state index contributed by atoms with van der Waals surface area (Å²) in [5.74, 6) is -1.04. The van der Waals surface area contributed by atoms with Crippen LogP contribution < -0.4 is 21.7 Å². The van der Waals surface area contributed by atoms with Crippen molar-refractivity contribution in [1.82, 2.24) is 15.1 Å². The molecule has 44 heavy (non-hydrogen) atoms. The van der Waals surface area contributed by atoms with Crippen LogP contribution in [0, 0.1) is 0 Å². The van der Waals surface area contributed by atoms with Gasteiger partial charge in [-0.15, -0.1) is 0 Å². The summed E-state index contributed by atoms with van der Waals surface area (Å²) in [5, 5.41) is 8.85. The number of benzene rings is 3. The molecule has 5 rings (SSSR count). The third-order valence-electron chi connectivity index (χ3n) is 8.01. The Labute approximate surface area is 273 Å². The van der Waals surface area contributed by atoms with E-state index in [9.17, 15) is 19.2 Å². The van der Waals surface area contributed by atoms with E-state index in [1.165, 1.54) is 0 Å². The SMILES string of the molecule is Nc1c(Br)cc(C(=O)C[C@H](NC(=O)CNc2ccccc2)C(=O)N2CCC(N3CCc4ccccc4NC3=O)CC2)cc1Br. The van der Waals surface area contributed by atoms with Crippen molar-refractivity contribution in [2.75, 3.05) is 42.5 Å². The van der Waals surface area contributed by atoms with Crippen LogP contribution in [-0.4, -0.2) is 71.7 Å². The molecular weight excluding hydrogens is 692 g/mol. The molecule has 0 radical (unpaired) electrons. The molecular formula is C32H34Br2N6O4. The molecule has 0 unspecified atom stereocenters. The molecule has 3 aromatic carbocycles. The summed E-state index contributed by atoms with van der Waals surface area (Å²) in [5.41, 5.74) is 9.50. The maximum Gasteiger partial charge on any atom is 0.322 e. The van der Waals surface area contributed by atoms with Gasteiger partial charge < -0.3 is 31.5 Å². The van der Waals surface area contributed by atoms with E-state index in [1.54, 1.807) is 17.0 Å². The summed E-state index contributed by atoms with van der Waals surface area (Å²) < 4.78 is 1.11. The van der Waals surface area contributed by atoms with Crippen molar-refractivity contribution in [3.63, 3.8) is 0 Å². The number of halogens is 2. The largest absolute Gasteiger partial charge is 0.397 e. The lowest BCUT2D eigenvalue weighted by molar-refractivity contribution is -0.137. The first-order chi connectivity index (χ1) is 21.2. The lowest BCUT2D eigenvalue weighted by Gasteiger charge is -2.39. The van der Waals surface area contributed by atoms with Crippen molar-refractivity contribution in [2.45, 2.75) is 37.8 Å². The number of likely N-dealkylation sites (tertiary alicyclic amines) is 1. The second-order valence-corrected chi connectivity index (χ2v) is 12.6. The minimum absolute atomic E-state index is 0.0254. The number of hydrogen-bond acceptors (Lipinski definition) is 6. The van der Waals surface area contributed by atoms with Gasteiger partial charge in [0.05, 0.1) is 12.2 Å². The Morgan fingerprint density at radius 3 is 2.32 bits per heavy atom. The van der Waals surface area contributed by atoms with Crippen LogP contribution in [0.25, 0.3) is 0 Å². The van der Waals surface area contributed by atoms with Gasteiger partial charge in [0.1, 0.15) is 6.04 Å². The fourth-order valence-corrected chi connectivity index (χ4v) is 6.78. The Hall–Kier alpha value is -3.90. The number of carbonyl (C=O) groups excluding carboxylic acids is 4. The summed E-state index contributed by atoms with van der Waals surface area (Å²) in [6.07, 6.45) is 1.72. The van der Waals surface area contributed by atoms with Gasteiger partial charge in [0.25, 0.3) is 0 Å². The molecule has 5 N–H and O–H groups in total. The molecule has 1 fully saturated rings. The minimum atomic E-state index is -1.06. The molecule has 1 atom stereocenters. The molecule has 0 aliphatic carbocycles. The number of rotatable bonds is 9. The number of Topliss-reactive ketones (excluding diaryl/α,β-unsaturated/α-hetero) is 1. The van der Waals surface area contributed by atoms with Crippen molar-refractivity contribution < 1.29 is 19.2 Å². The molecule has 0 saturated carbocycles. The van der Waals surface area contributed by atoms with Gasteiger partial charge in [0.15, 0.2) is 5.78 Å². The maximum absolute atomic E-state index is 13.8. The Morgan fingerprint density at radius 2 is 1.61 bits per heavy atom. The number of ketones is 1. The fraction of sp³-hybridized carbons (Fsp3) is 0.312. The number of nitrogens with two attached hydrogens (primary N) is 1. The van der Waals surface area contributed by atoms with Crippen LogP contribution in [0.2, 0.25) is 0 Å². The van der Waals surface area contributed by atoms with Gasteiger partial charge in [-0.05, 0) is 87.0 Å². The highest BCUT2D eigenvalue weighted by Crippen LogP contribution is 2.30. The number of amides is 4. The second kappa shape index (κ2) is 14.3.